The molecule has 1 aliphatic rings. The first kappa shape index (κ1) is 21.6. The molecule has 0 radical (unpaired) electrons. The van der Waals surface area contributed by atoms with Crippen LogP contribution in [0.15, 0.2) is 60.3 Å². The van der Waals surface area contributed by atoms with E-state index < -0.39 is 17.7 Å². The van der Waals surface area contributed by atoms with Crippen molar-refractivity contribution >= 4 is 28.4 Å². The van der Waals surface area contributed by atoms with Gasteiger partial charge in [-0.15, -0.1) is 0 Å². The van der Waals surface area contributed by atoms with Crippen molar-refractivity contribution in [3.63, 3.8) is 0 Å². The van der Waals surface area contributed by atoms with Crippen molar-refractivity contribution in [1.82, 2.24) is 9.88 Å². The second-order valence-corrected chi connectivity index (χ2v) is 7.93. The summed E-state index contributed by atoms with van der Waals surface area (Å²) < 4.78 is 10.8. The molecule has 2 N–H and O–H groups in total. The summed E-state index contributed by atoms with van der Waals surface area (Å²) in [7, 11) is 1.55. The molecule has 1 fully saturated rings. The van der Waals surface area contributed by atoms with Gasteiger partial charge in [0, 0.05) is 34.8 Å². The smallest absolute Gasteiger partial charge is 0.295 e. The molecule has 32 heavy (non-hydrogen) atoms. The van der Waals surface area contributed by atoms with Crippen LogP contribution in [0.2, 0.25) is 0 Å². The second-order valence-electron chi connectivity index (χ2n) is 7.93. The average molecular weight is 434 g/mol. The van der Waals surface area contributed by atoms with E-state index in [1.807, 2.05) is 38.1 Å². The molecule has 3 aromatic rings. The Bertz CT molecular complexity index is 1180. The number of methoxy groups -OCH3 is 1. The SMILES string of the molecule is COc1ccc(/C(O)=C2\C(=O)C(=O)N(CCOC(C)C)C2c2c[nH]c3ccccc23)cc1. The van der Waals surface area contributed by atoms with Gasteiger partial charge in [-0.2, -0.15) is 0 Å². The van der Waals surface area contributed by atoms with E-state index in [-0.39, 0.29) is 30.6 Å². The number of aliphatic hydroxyl groups excluding tert-OH is 1. The largest absolute Gasteiger partial charge is 0.507 e. The molecule has 1 saturated heterocycles. The number of nitrogens with zero attached hydrogens (tertiary/aromatic N) is 1. The molecule has 7 heteroatoms. The highest BCUT2D eigenvalue weighted by Gasteiger charge is 2.46. The van der Waals surface area contributed by atoms with Crippen molar-refractivity contribution in [3.05, 3.63) is 71.4 Å². The maximum Gasteiger partial charge on any atom is 0.295 e. The van der Waals surface area contributed by atoms with Crippen LogP contribution in [0.1, 0.15) is 31.0 Å². The highest BCUT2D eigenvalue weighted by Crippen LogP contribution is 2.41. The average Bonchev–Trinajstić information content (AvgIpc) is 3.32. The molecule has 4 rings (SSSR count). The molecule has 2 aromatic carbocycles. The van der Waals surface area contributed by atoms with E-state index in [0.29, 0.717) is 11.3 Å². The van der Waals surface area contributed by atoms with Crippen LogP contribution >= 0.6 is 0 Å². The lowest BCUT2D eigenvalue weighted by Crippen LogP contribution is -2.33. The summed E-state index contributed by atoms with van der Waals surface area (Å²) in [5.41, 5.74) is 2.14. The molecule has 1 aromatic heterocycles. The molecule has 0 spiro atoms. The molecular weight excluding hydrogens is 408 g/mol. The van der Waals surface area contributed by atoms with Gasteiger partial charge < -0.3 is 24.5 Å². The van der Waals surface area contributed by atoms with Gasteiger partial charge >= 0.3 is 0 Å². The van der Waals surface area contributed by atoms with Crippen LogP contribution in [-0.4, -0.2) is 53.0 Å². The predicted octanol–water partition coefficient (Wildman–Crippen LogP) is 4.02. The number of nitrogens with one attached hydrogen (secondary N) is 1. The van der Waals surface area contributed by atoms with Crippen LogP contribution in [0.25, 0.3) is 16.7 Å². The second kappa shape index (κ2) is 8.88. The van der Waals surface area contributed by atoms with Crippen LogP contribution in [0.4, 0.5) is 0 Å². The van der Waals surface area contributed by atoms with E-state index >= 15 is 0 Å². The summed E-state index contributed by atoms with van der Waals surface area (Å²) in [6, 6.07) is 13.7. The first-order valence-electron chi connectivity index (χ1n) is 10.5. The predicted molar refractivity (Wildman–Crippen MR) is 121 cm³/mol. The van der Waals surface area contributed by atoms with Crippen LogP contribution < -0.4 is 4.74 Å². The third-order valence-electron chi connectivity index (χ3n) is 5.60. The van der Waals surface area contributed by atoms with Gasteiger partial charge in [0.1, 0.15) is 11.5 Å². The topological polar surface area (TPSA) is 91.9 Å². The number of Topliss-reactive ketones (excluding diaryl/α,β-unsaturated/α-hetero) is 1. The van der Waals surface area contributed by atoms with Gasteiger partial charge in [-0.1, -0.05) is 18.2 Å². The van der Waals surface area contributed by atoms with E-state index in [2.05, 4.69) is 4.98 Å². The summed E-state index contributed by atoms with van der Waals surface area (Å²) in [5.74, 6) is -0.949. The Morgan fingerprint density at radius 3 is 2.53 bits per heavy atom. The number of ether oxygens (including phenoxy) is 2. The molecule has 2 heterocycles. The third kappa shape index (κ3) is 3.87. The zero-order valence-corrected chi connectivity index (χ0v) is 18.3. The standard InChI is InChI=1S/C25H26N2O5/c1-15(2)32-13-12-27-22(19-14-26-20-7-5-4-6-18(19)20)21(24(29)25(27)30)23(28)16-8-10-17(31-3)11-9-16/h4-11,14-15,22,26,28H,12-13H2,1-3H3/b23-21+. The molecular formula is C25H26N2O5. The number of aromatic amines is 1. The Kier molecular flexibility index (Phi) is 6.01. The minimum absolute atomic E-state index is 0.00217. The van der Waals surface area contributed by atoms with Crippen LogP contribution in [0, 0.1) is 0 Å². The maximum atomic E-state index is 13.1. The molecule has 0 aliphatic carbocycles. The van der Waals surface area contributed by atoms with Gasteiger partial charge in [0.25, 0.3) is 11.7 Å². The Morgan fingerprint density at radius 2 is 1.84 bits per heavy atom. The third-order valence-corrected chi connectivity index (χ3v) is 5.60. The summed E-state index contributed by atoms with van der Waals surface area (Å²) in [5, 5.41) is 12.0. The van der Waals surface area contributed by atoms with Crippen LogP contribution in [0.3, 0.4) is 0 Å². The molecule has 166 valence electrons. The van der Waals surface area contributed by atoms with Gasteiger partial charge in [-0.3, -0.25) is 9.59 Å². The number of ketones is 1. The fourth-order valence-corrected chi connectivity index (χ4v) is 4.05. The molecule has 1 atom stereocenters. The zero-order valence-electron chi connectivity index (χ0n) is 18.3. The van der Waals surface area contributed by atoms with Crippen molar-refractivity contribution < 1.29 is 24.2 Å². The number of likely N-dealkylation sites (tertiary alicyclic amines) is 1. The molecule has 1 unspecified atom stereocenters. The lowest BCUT2D eigenvalue weighted by Gasteiger charge is -2.25. The lowest BCUT2D eigenvalue weighted by atomic mass is 9.95. The lowest BCUT2D eigenvalue weighted by molar-refractivity contribution is -0.140. The van der Waals surface area contributed by atoms with Crippen LogP contribution in [-0.2, 0) is 14.3 Å². The number of hydrogen-bond donors (Lipinski definition) is 2. The number of aromatic nitrogens is 1. The monoisotopic (exact) mass is 434 g/mol. The van der Waals surface area contributed by atoms with E-state index in [0.717, 1.165) is 16.5 Å². The minimum atomic E-state index is -0.732. The highest BCUT2D eigenvalue weighted by atomic mass is 16.5. The Hall–Kier alpha value is -3.58. The van der Waals surface area contributed by atoms with Crippen molar-refractivity contribution in [2.75, 3.05) is 20.3 Å². The summed E-state index contributed by atoms with van der Waals surface area (Å²) in [6.45, 7) is 4.34. The van der Waals surface area contributed by atoms with Crippen molar-refractivity contribution in [3.8, 4) is 5.75 Å². The first-order valence-corrected chi connectivity index (χ1v) is 10.5. The van der Waals surface area contributed by atoms with E-state index in [1.54, 1.807) is 37.6 Å². The number of benzene rings is 2. The van der Waals surface area contributed by atoms with E-state index in [9.17, 15) is 14.7 Å². The fourth-order valence-electron chi connectivity index (χ4n) is 4.05. The summed E-state index contributed by atoms with van der Waals surface area (Å²) in [4.78, 5) is 30.8. The Morgan fingerprint density at radius 1 is 1.12 bits per heavy atom. The number of rotatable bonds is 7. The quantitative estimate of drug-likeness (QED) is 0.333. The molecule has 1 amide bonds. The normalized spacial score (nSPS) is 18.1. The molecule has 7 nitrogen and oxygen atoms in total. The van der Waals surface area contributed by atoms with E-state index in [1.165, 1.54) is 4.90 Å². The van der Waals surface area contributed by atoms with Gasteiger partial charge in [-0.05, 0) is 44.2 Å². The van der Waals surface area contributed by atoms with E-state index in [4.69, 9.17) is 9.47 Å². The fraction of sp³-hybridized carbons (Fsp3) is 0.280. The van der Waals surface area contributed by atoms with Gasteiger partial charge in [-0.25, -0.2) is 0 Å². The number of para-hydroxylation sites is 1. The number of amides is 1. The number of aliphatic hydroxyl groups is 1. The first-order chi connectivity index (χ1) is 15.4. The van der Waals surface area contributed by atoms with Crippen molar-refractivity contribution in [2.45, 2.75) is 26.0 Å². The highest BCUT2D eigenvalue weighted by molar-refractivity contribution is 6.46. The zero-order chi connectivity index (χ0) is 22.8. The van der Waals surface area contributed by atoms with Crippen LogP contribution in [0.5, 0.6) is 5.75 Å². The summed E-state index contributed by atoms with van der Waals surface area (Å²) >= 11 is 0. The number of fused-ring (bicyclic) bond motifs is 1. The maximum absolute atomic E-state index is 13.1. The number of H-pyrrole nitrogens is 1. The van der Waals surface area contributed by atoms with Gasteiger partial charge in [0.15, 0.2) is 0 Å². The summed E-state index contributed by atoms with van der Waals surface area (Å²) in [6.07, 6.45) is 1.79. The Labute approximate surface area is 186 Å². The van der Waals surface area contributed by atoms with Gasteiger partial charge in [0.2, 0.25) is 0 Å². The van der Waals surface area contributed by atoms with Crippen molar-refractivity contribution in [1.29, 1.82) is 0 Å². The molecule has 0 bridgehead atoms. The Balaban J connectivity index is 1.84. The number of carbonyl (C=O) groups excluding carboxylic acids is 2. The van der Waals surface area contributed by atoms with Crippen molar-refractivity contribution in [2.24, 2.45) is 0 Å². The number of hydrogen-bond acceptors (Lipinski definition) is 5. The van der Waals surface area contributed by atoms with Gasteiger partial charge in [0.05, 0.1) is 31.4 Å². The minimum Gasteiger partial charge on any atom is -0.507 e. The molecule has 1 aliphatic heterocycles. The molecule has 0 saturated carbocycles. The number of carbonyl (C=O) groups is 2.